The number of aryl methyl sites for hydroxylation is 1. The van der Waals surface area contributed by atoms with Gasteiger partial charge in [-0.05, 0) is 34.1 Å². The first-order valence-electron chi connectivity index (χ1n) is 7.44. The Balaban J connectivity index is 2.76. The van der Waals surface area contributed by atoms with E-state index in [-0.39, 0.29) is 6.10 Å². The lowest BCUT2D eigenvalue weighted by Crippen LogP contribution is -2.14. The van der Waals surface area contributed by atoms with Crippen LogP contribution in [0.4, 0.5) is 5.82 Å². The average Bonchev–Trinajstić information content (AvgIpc) is 2.39. The molecular weight excluding hydrogens is 254 g/mol. The van der Waals surface area contributed by atoms with Gasteiger partial charge >= 0.3 is 0 Å². The number of nitrogens with zero attached hydrogens (tertiary/aromatic N) is 2. The molecule has 0 amide bonds. The molecule has 0 saturated heterocycles. The van der Waals surface area contributed by atoms with Crippen molar-refractivity contribution in [2.75, 3.05) is 25.1 Å². The highest BCUT2D eigenvalue weighted by atomic mass is 16.5. The van der Waals surface area contributed by atoms with Crippen molar-refractivity contribution in [3.05, 3.63) is 11.4 Å². The summed E-state index contributed by atoms with van der Waals surface area (Å²) in [4.78, 5) is 9.03. The molecule has 1 aromatic rings. The number of rotatable bonds is 9. The summed E-state index contributed by atoms with van der Waals surface area (Å²) >= 11 is 0. The average molecular weight is 281 g/mol. The second-order valence-electron chi connectivity index (χ2n) is 4.97. The van der Waals surface area contributed by atoms with Crippen LogP contribution in [0.5, 0.6) is 5.88 Å². The number of hydrogen-bond donors (Lipinski definition) is 1. The fourth-order valence-electron chi connectivity index (χ4n) is 1.78. The molecule has 0 spiro atoms. The van der Waals surface area contributed by atoms with Crippen LogP contribution in [0, 0.1) is 6.92 Å². The summed E-state index contributed by atoms with van der Waals surface area (Å²) in [5, 5.41) is 3.26. The van der Waals surface area contributed by atoms with Crippen molar-refractivity contribution in [2.24, 2.45) is 0 Å². The molecule has 0 fully saturated rings. The van der Waals surface area contributed by atoms with Crippen LogP contribution in [-0.4, -0.2) is 35.8 Å². The van der Waals surface area contributed by atoms with E-state index >= 15 is 0 Å². The predicted molar refractivity (Wildman–Crippen MR) is 81.5 cm³/mol. The highest BCUT2D eigenvalue weighted by Gasteiger charge is 2.11. The minimum atomic E-state index is 0.220. The van der Waals surface area contributed by atoms with Crippen LogP contribution in [0.25, 0.3) is 0 Å². The zero-order valence-corrected chi connectivity index (χ0v) is 13.3. The Morgan fingerprint density at radius 2 is 1.90 bits per heavy atom. The van der Waals surface area contributed by atoms with Gasteiger partial charge in [0.1, 0.15) is 18.2 Å². The normalized spacial score (nSPS) is 10.9. The quantitative estimate of drug-likeness (QED) is 0.705. The molecule has 0 saturated carbocycles. The largest absolute Gasteiger partial charge is 0.475 e. The van der Waals surface area contributed by atoms with Crippen molar-refractivity contribution in [3.8, 4) is 5.88 Å². The van der Waals surface area contributed by atoms with Crippen molar-refractivity contribution in [1.82, 2.24) is 9.97 Å². The van der Waals surface area contributed by atoms with E-state index in [0.29, 0.717) is 19.1 Å². The second kappa shape index (κ2) is 8.74. The molecule has 0 bridgehead atoms. The molecule has 0 aliphatic heterocycles. The summed E-state index contributed by atoms with van der Waals surface area (Å²) < 4.78 is 11.2. The molecule has 114 valence electrons. The lowest BCUT2D eigenvalue weighted by Gasteiger charge is -2.14. The molecule has 1 rings (SSSR count). The Hall–Kier alpha value is -1.36. The molecule has 1 aromatic heterocycles. The van der Waals surface area contributed by atoms with Crippen molar-refractivity contribution in [3.63, 3.8) is 0 Å². The third kappa shape index (κ3) is 5.33. The minimum absolute atomic E-state index is 0.220. The number of anilines is 1. The van der Waals surface area contributed by atoms with Gasteiger partial charge in [0, 0.05) is 13.0 Å². The molecule has 5 heteroatoms. The predicted octanol–water partition coefficient (Wildman–Crippen LogP) is 2.97. The molecule has 1 heterocycles. The maximum absolute atomic E-state index is 5.75. The molecule has 0 atom stereocenters. The molecule has 0 radical (unpaired) electrons. The molecule has 5 nitrogen and oxygen atoms in total. The Morgan fingerprint density at radius 1 is 1.15 bits per heavy atom. The standard InChI is InChI=1S/C15H27N3O2/c1-6-8-13-17-14(16-7-2)12(5)15(18-13)20-10-9-19-11(3)4/h11H,6-10H2,1-5H3,(H,16,17,18). The van der Waals surface area contributed by atoms with Gasteiger partial charge in [-0.2, -0.15) is 4.98 Å². The van der Waals surface area contributed by atoms with Crippen molar-refractivity contribution in [2.45, 2.75) is 53.6 Å². The van der Waals surface area contributed by atoms with Crippen molar-refractivity contribution < 1.29 is 9.47 Å². The van der Waals surface area contributed by atoms with E-state index in [0.717, 1.165) is 36.6 Å². The summed E-state index contributed by atoms with van der Waals surface area (Å²) in [6.07, 6.45) is 2.10. The molecule has 0 unspecified atom stereocenters. The Kier molecular flexibility index (Phi) is 7.30. The number of hydrogen-bond acceptors (Lipinski definition) is 5. The van der Waals surface area contributed by atoms with Crippen molar-refractivity contribution in [1.29, 1.82) is 0 Å². The maximum Gasteiger partial charge on any atom is 0.221 e. The number of ether oxygens (including phenoxy) is 2. The lowest BCUT2D eigenvalue weighted by molar-refractivity contribution is 0.0540. The number of aromatic nitrogens is 2. The Bertz CT molecular complexity index is 408. The maximum atomic E-state index is 5.75. The topological polar surface area (TPSA) is 56.3 Å². The van der Waals surface area contributed by atoms with Gasteiger partial charge in [0.25, 0.3) is 0 Å². The SMILES string of the molecule is CCCc1nc(NCC)c(C)c(OCCOC(C)C)n1. The highest BCUT2D eigenvalue weighted by molar-refractivity contribution is 5.48. The minimum Gasteiger partial charge on any atom is -0.475 e. The van der Waals surface area contributed by atoms with E-state index in [9.17, 15) is 0 Å². The second-order valence-corrected chi connectivity index (χ2v) is 4.97. The van der Waals surface area contributed by atoms with Gasteiger partial charge in [-0.3, -0.25) is 0 Å². The van der Waals surface area contributed by atoms with E-state index in [4.69, 9.17) is 9.47 Å². The van der Waals surface area contributed by atoms with Crippen LogP contribution in [-0.2, 0) is 11.2 Å². The first-order valence-corrected chi connectivity index (χ1v) is 7.44. The molecule has 0 aliphatic carbocycles. The molecule has 1 N–H and O–H groups in total. The lowest BCUT2D eigenvalue weighted by atomic mass is 10.2. The summed E-state index contributed by atoms with van der Waals surface area (Å²) in [5.74, 6) is 2.35. The van der Waals surface area contributed by atoms with Crippen LogP contribution < -0.4 is 10.1 Å². The summed E-state index contributed by atoms with van der Waals surface area (Å²) in [6, 6.07) is 0. The zero-order chi connectivity index (χ0) is 15.0. The third-order valence-corrected chi connectivity index (χ3v) is 2.74. The van der Waals surface area contributed by atoms with E-state index in [1.807, 2.05) is 20.8 Å². The zero-order valence-electron chi connectivity index (χ0n) is 13.3. The van der Waals surface area contributed by atoms with E-state index < -0.39 is 0 Å². The molecule has 20 heavy (non-hydrogen) atoms. The first-order chi connectivity index (χ1) is 9.58. The highest BCUT2D eigenvalue weighted by Crippen LogP contribution is 2.22. The molecule has 0 aliphatic rings. The summed E-state index contributed by atoms with van der Waals surface area (Å²) in [5.41, 5.74) is 0.955. The van der Waals surface area contributed by atoms with Crippen LogP contribution in [0.2, 0.25) is 0 Å². The van der Waals surface area contributed by atoms with Gasteiger partial charge in [0.15, 0.2) is 0 Å². The smallest absolute Gasteiger partial charge is 0.221 e. The fourth-order valence-corrected chi connectivity index (χ4v) is 1.78. The monoisotopic (exact) mass is 281 g/mol. The summed E-state index contributed by atoms with van der Waals surface area (Å²) in [7, 11) is 0. The summed E-state index contributed by atoms with van der Waals surface area (Å²) in [6.45, 7) is 12.1. The van der Waals surface area contributed by atoms with Crippen LogP contribution in [0.15, 0.2) is 0 Å². The third-order valence-electron chi connectivity index (χ3n) is 2.74. The van der Waals surface area contributed by atoms with E-state index in [2.05, 4.69) is 29.1 Å². The van der Waals surface area contributed by atoms with E-state index in [1.54, 1.807) is 0 Å². The van der Waals surface area contributed by atoms with Gasteiger partial charge in [-0.15, -0.1) is 0 Å². The first kappa shape index (κ1) is 16.7. The van der Waals surface area contributed by atoms with Crippen LogP contribution >= 0.6 is 0 Å². The molecular formula is C15H27N3O2. The fraction of sp³-hybridized carbons (Fsp3) is 0.733. The number of nitrogens with one attached hydrogen (secondary N) is 1. The van der Waals surface area contributed by atoms with Crippen LogP contribution in [0.1, 0.15) is 45.5 Å². The van der Waals surface area contributed by atoms with Gasteiger partial charge < -0.3 is 14.8 Å². The van der Waals surface area contributed by atoms with Crippen molar-refractivity contribution >= 4 is 5.82 Å². The van der Waals surface area contributed by atoms with Gasteiger partial charge in [0.05, 0.1) is 18.3 Å². The van der Waals surface area contributed by atoms with Gasteiger partial charge in [0.2, 0.25) is 5.88 Å². The van der Waals surface area contributed by atoms with E-state index in [1.165, 1.54) is 0 Å². The Labute approximate surface area is 122 Å². The van der Waals surface area contributed by atoms with Gasteiger partial charge in [-0.1, -0.05) is 6.92 Å². The Morgan fingerprint density at radius 3 is 2.50 bits per heavy atom. The molecule has 0 aromatic carbocycles. The van der Waals surface area contributed by atoms with Gasteiger partial charge in [-0.25, -0.2) is 4.98 Å². The van der Waals surface area contributed by atoms with Crippen LogP contribution in [0.3, 0.4) is 0 Å².